The van der Waals surface area contributed by atoms with Crippen LogP contribution in [-0.4, -0.2) is 25.7 Å². The predicted octanol–water partition coefficient (Wildman–Crippen LogP) is 5.46. The molecule has 0 heterocycles. The molecular weight excluding hydrogens is 390 g/mol. The lowest BCUT2D eigenvalue weighted by molar-refractivity contribution is -0.118. The van der Waals surface area contributed by atoms with Crippen molar-refractivity contribution in [1.82, 2.24) is 0 Å². The van der Waals surface area contributed by atoms with E-state index in [0.29, 0.717) is 24.7 Å². The van der Waals surface area contributed by atoms with Crippen molar-refractivity contribution in [3.05, 3.63) is 84.4 Å². The van der Waals surface area contributed by atoms with Gasteiger partial charge in [-0.1, -0.05) is 63.2 Å². The topological polar surface area (TPSA) is 56.8 Å². The molecule has 31 heavy (non-hydrogen) atoms. The molecule has 162 valence electrons. The molecule has 0 unspecified atom stereocenters. The van der Waals surface area contributed by atoms with Crippen LogP contribution < -0.4 is 19.5 Å². The SMILES string of the molecule is CC(C)(C)c1ccccc1OCC(=O)Nc1cccc(OCCOc2ccccc2)c1. The van der Waals surface area contributed by atoms with Crippen LogP contribution in [0, 0.1) is 0 Å². The van der Waals surface area contributed by atoms with Crippen molar-refractivity contribution in [2.24, 2.45) is 0 Å². The fourth-order valence-electron chi connectivity index (χ4n) is 3.05. The van der Waals surface area contributed by atoms with Crippen molar-refractivity contribution in [2.75, 3.05) is 25.1 Å². The van der Waals surface area contributed by atoms with E-state index in [-0.39, 0.29) is 17.9 Å². The summed E-state index contributed by atoms with van der Waals surface area (Å²) >= 11 is 0. The van der Waals surface area contributed by atoms with Gasteiger partial charge in [-0.3, -0.25) is 4.79 Å². The van der Waals surface area contributed by atoms with E-state index >= 15 is 0 Å². The van der Waals surface area contributed by atoms with E-state index in [1.54, 1.807) is 6.07 Å². The van der Waals surface area contributed by atoms with Crippen molar-refractivity contribution in [1.29, 1.82) is 0 Å². The maximum atomic E-state index is 12.4. The molecule has 0 radical (unpaired) electrons. The number of benzene rings is 3. The zero-order valence-electron chi connectivity index (χ0n) is 18.3. The highest BCUT2D eigenvalue weighted by Gasteiger charge is 2.18. The van der Waals surface area contributed by atoms with E-state index in [9.17, 15) is 4.79 Å². The third-order valence-corrected chi connectivity index (χ3v) is 4.54. The summed E-state index contributed by atoms with van der Waals surface area (Å²) < 4.78 is 17.1. The average Bonchev–Trinajstić information content (AvgIpc) is 2.76. The Morgan fingerprint density at radius 2 is 1.42 bits per heavy atom. The summed E-state index contributed by atoms with van der Waals surface area (Å²) in [7, 11) is 0. The molecule has 3 aromatic carbocycles. The molecule has 0 aromatic heterocycles. The number of amides is 1. The van der Waals surface area contributed by atoms with Crippen molar-refractivity contribution in [3.63, 3.8) is 0 Å². The van der Waals surface area contributed by atoms with Gasteiger partial charge in [-0.25, -0.2) is 0 Å². The van der Waals surface area contributed by atoms with Gasteiger partial charge in [0.15, 0.2) is 6.61 Å². The summed E-state index contributed by atoms with van der Waals surface area (Å²) in [5, 5.41) is 2.85. The quantitative estimate of drug-likeness (QED) is 0.468. The first-order chi connectivity index (χ1) is 14.9. The molecule has 3 aromatic rings. The lowest BCUT2D eigenvalue weighted by atomic mass is 9.86. The molecule has 3 rings (SSSR count). The summed E-state index contributed by atoms with van der Waals surface area (Å²) in [6, 6.07) is 24.7. The summed E-state index contributed by atoms with van der Waals surface area (Å²) in [5.41, 5.74) is 1.65. The minimum absolute atomic E-state index is 0.0664. The van der Waals surface area contributed by atoms with Gasteiger partial charge >= 0.3 is 0 Å². The molecule has 1 N–H and O–H groups in total. The van der Waals surface area contributed by atoms with Gasteiger partial charge in [-0.05, 0) is 41.3 Å². The van der Waals surface area contributed by atoms with Crippen LogP contribution in [0.3, 0.4) is 0 Å². The second-order valence-corrected chi connectivity index (χ2v) is 8.12. The highest BCUT2D eigenvalue weighted by atomic mass is 16.5. The van der Waals surface area contributed by atoms with Crippen LogP contribution in [0.15, 0.2) is 78.9 Å². The number of anilines is 1. The Kier molecular flexibility index (Phi) is 7.55. The molecule has 0 spiro atoms. The summed E-state index contributed by atoms with van der Waals surface area (Å²) in [6.45, 7) is 7.12. The molecule has 0 fully saturated rings. The van der Waals surface area contributed by atoms with Crippen LogP contribution in [0.1, 0.15) is 26.3 Å². The number of carbonyl (C=O) groups is 1. The first-order valence-corrected chi connectivity index (χ1v) is 10.3. The van der Waals surface area contributed by atoms with Gasteiger partial charge in [0.05, 0.1) is 0 Å². The minimum Gasteiger partial charge on any atom is -0.490 e. The molecule has 0 aliphatic rings. The summed E-state index contributed by atoms with van der Waals surface area (Å²) in [6.07, 6.45) is 0. The van der Waals surface area contributed by atoms with Gasteiger partial charge in [-0.15, -0.1) is 0 Å². The van der Waals surface area contributed by atoms with Crippen LogP contribution >= 0.6 is 0 Å². The molecule has 5 nitrogen and oxygen atoms in total. The molecule has 5 heteroatoms. The van der Waals surface area contributed by atoms with Crippen LogP contribution in [0.25, 0.3) is 0 Å². The zero-order valence-corrected chi connectivity index (χ0v) is 18.3. The Balaban J connectivity index is 1.47. The number of rotatable bonds is 9. The van der Waals surface area contributed by atoms with Crippen molar-refractivity contribution in [3.8, 4) is 17.2 Å². The molecular formula is C26H29NO4. The lowest BCUT2D eigenvalue weighted by Crippen LogP contribution is -2.22. The zero-order chi connectivity index (χ0) is 22.1. The second-order valence-electron chi connectivity index (χ2n) is 8.12. The smallest absolute Gasteiger partial charge is 0.262 e. The second kappa shape index (κ2) is 10.5. The van der Waals surface area contributed by atoms with E-state index in [1.807, 2.05) is 72.8 Å². The lowest BCUT2D eigenvalue weighted by Gasteiger charge is -2.22. The first-order valence-electron chi connectivity index (χ1n) is 10.3. The third-order valence-electron chi connectivity index (χ3n) is 4.54. The Labute approximate surface area is 184 Å². The minimum atomic E-state index is -0.228. The van der Waals surface area contributed by atoms with Gasteiger partial charge in [0.25, 0.3) is 5.91 Å². The van der Waals surface area contributed by atoms with E-state index in [0.717, 1.165) is 17.1 Å². The first kappa shape index (κ1) is 22.2. The molecule has 1 amide bonds. The summed E-state index contributed by atoms with van der Waals surface area (Å²) in [5.74, 6) is 1.96. The monoisotopic (exact) mass is 419 g/mol. The van der Waals surface area contributed by atoms with Gasteiger partial charge in [0.1, 0.15) is 30.5 Å². The summed E-state index contributed by atoms with van der Waals surface area (Å²) in [4.78, 5) is 12.4. The molecule has 0 bridgehead atoms. The van der Waals surface area contributed by atoms with E-state index in [1.165, 1.54) is 0 Å². The average molecular weight is 420 g/mol. The van der Waals surface area contributed by atoms with E-state index in [2.05, 4.69) is 26.1 Å². The van der Waals surface area contributed by atoms with Gasteiger partial charge in [0.2, 0.25) is 0 Å². The number of nitrogens with one attached hydrogen (secondary N) is 1. The standard InChI is InChI=1S/C26H29NO4/c1-26(2,3)23-14-7-8-15-24(23)31-19-25(28)27-20-10-9-13-22(18-20)30-17-16-29-21-11-5-4-6-12-21/h4-15,18H,16-17,19H2,1-3H3,(H,27,28). The largest absolute Gasteiger partial charge is 0.490 e. The van der Waals surface area contributed by atoms with Gasteiger partial charge in [-0.2, -0.15) is 0 Å². The maximum Gasteiger partial charge on any atom is 0.262 e. The molecule has 0 atom stereocenters. The van der Waals surface area contributed by atoms with E-state index < -0.39 is 0 Å². The molecule has 0 saturated heterocycles. The normalized spacial score (nSPS) is 10.9. The Morgan fingerprint density at radius 3 is 2.16 bits per heavy atom. The van der Waals surface area contributed by atoms with Gasteiger partial charge in [0, 0.05) is 11.8 Å². The van der Waals surface area contributed by atoms with Crippen LogP contribution in [0.5, 0.6) is 17.2 Å². The number of ether oxygens (including phenoxy) is 3. The van der Waals surface area contributed by atoms with Crippen LogP contribution in [0.4, 0.5) is 5.69 Å². The number of hydrogen-bond acceptors (Lipinski definition) is 4. The number of para-hydroxylation sites is 2. The molecule has 0 aliphatic carbocycles. The van der Waals surface area contributed by atoms with Crippen molar-refractivity contribution >= 4 is 11.6 Å². The van der Waals surface area contributed by atoms with Crippen LogP contribution in [-0.2, 0) is 10.2 Å². The Bertz CT molecular complexity index is 980. The van der Waals surface area contributed by atoms with Crippen LogP contribution in [0.2, 0.25) is 0 Å². The highest BCUT2D eigenvalue weighted by Crippen LogP contribution is 2.30. The van der Waals surface area contributed by atoms with Crippen molar-refractivity contribution < 1.29 is 19.0 Å². The number of carbonyl (C=O) groups excluding carboxylic acids is 1. The third kappa shape index (κ3) is 7.07. The fourth-order valence-corrected chi connectivity index (χ4v) is 3.05. The highest BCUT2D eigenvalue weighted by molar-refractivity contribution is 5.92. The Hall–Kier alpha value is -3.47. The molecule has 0 saturated carbocycles. The number of hydrogen-bond donors (Lipinski definition) is 1. The maximum absolute atomic E-state index is 12.4. The van der Waals surface area contributed by atoms with Gasteiger partial charge < -0.3 is 19.5 Å². The Morgan fingerprint density at radius 1 is 0.774 bits per heavy atom. The van der Waals surface area contributed by atoms with E-state index in [4.69, 9.17) is 14.2 Å². The fraction of sp³-hybridized carbons (Fsp3) is 0.269. The van der Waals surface area contributed by atoms with Crippen molar-refractivity contribution in [2.45, 2.75) is 26.2 Å². The molecule has 0 aliphatic heterocycles. The predicted molar refractivity (Wildman–Crippen MR) is 123 cm³/mol.